The van der Waals surface area contributed by atoms with Crippen LogP contribution in [0.5, 0.6) is 0 Å². The highest BCUT2D eigenvalue weighted by Crippen LogP contribution is 2.43. The summed E-state index contributed by atoms with van der Waals surface area (Å²) >= 11 is 0. The number of rotatable bonds is 52. The van der Waals surface area contributed by atoms with E-state index in [4.69, 9.17) is 24.3 Å². The van der Waals surface area contributed by atoms with E-state index in [1.165, 1.54) is 128 Å². The van der Waals surface area contributed by atoms with Crippen molar-refractivity contribution < 1.29 is 37.6 Å². The Morgan fingerprint density at radius 1 is 0.449 bits per heavy atom. The van der Waals surface area contributed by atoms with Crippen molar-refractivity contribution in [2.75, 3.05) is 26.4 Å². The molecule has 0 rings (SSSR count). The zero-order valence-electron chi connectivity index (χ0n) is 44.3. The van der Waals surface area contributed by atoms with Gasteiger partial charge in [0.2, 0.25) is 0 Å². The van der Waals surface area contributed by atoms with Crippen LogP contribution in [-0.4, -0.2) is 49.3 Å². The van der Waals surface area contributed by atoms with Gasteiger partial charge in [0.05, 0.1) is 13.2 Å². The van der Waals surface area contributed by atoms with Gasteiger partial charge in [0, 0.05) is 19.4 Å². The van der Waals surface area contributed by atoms with Crippen molar-refractivity contribution in [3.05, 3.63) is 85.1 Å². The highest BCUT2D eigenvalue weighted by atomic mass is 31.2. The first-order valence-electron chi connectivity index (χ1n) is 28.1. The van der Waals surface area contributed by atoms with Crippen molar-refractivity contribution in [3.8, 4) is 0 Å². The minimum Gasteiger partial charge on any atom is -0.462 e. The van der Waals surface area contributed by atoms with Gasteiger partial charge in [-0.25, -0.2) is 4.57 Å². The smallest absolute Gasteiger partial charge is 0.462 e. The number of carbonyl (C=O) groups is 2. The fourth-order valence-electron chi connectivity index (χ4n) is 7.68. The molecular weight excluding hydrogens is 882 g/mol. The highest BCUT2D eigenvalue weighted by Gasteiger charge is 2.26. The van der Waals surface area contributed by atoms with Crippen molar-refractivity contribution in [1.82, 2.24) is 0 Å². The predicted molar refractivity (Wildman–Crippen MR) is 293 cm³/mol. The summed E-state index contributed by atoms with van der Waals surface area (Å²) in [5.41, 5.74) is 5.37. The van der Waals surface area contributed by atoms with Crippen molar-refractivity contribution in [3.63, 3.8) is 0 Å². The first-order chi connectivity index (χ1) is 33.8. The fourth-order valence-corrected chi connectivity index (χ4v) is 8.44. The molecule has 3 N–H and O–H groups in total. The average molecular weight is 986 g/mol. The van der Waals surface area contributed by atoms with Gasteiger partial charge in [-0.1, -0.05) is 247 Å². The lowest BCUT2D eigenvalue weighted by atomic mass is 10.0. The Balaban J connectivity index is 4.08. The van der Waals surface area contributed by atoms with E-state index in [2.05, 4.69) is 98.9 Å². The second kappa shape index (κ2) is 54.5. The van der Waals surface area contributed by atoms with Crippen LogP contribution in [0, 0.1) is 0 Å². The van der Waals surface area contributed by atoms with Gasteiger partial charge in [0.25, 0.3) is 0 Å². The summed E-state index contributed by atoms with van der Waals surface area (Å²) in [6, 6.07) is 0. The van der Waals surface area contributed by atoms with Gasteiger partial charge in [-0.2, -0.15) is 0 Å². The minimum absolute atomic E-state index is 0.0444. The van der Waals surface area contributed by atoms with Crippen LogP contribution in [0.3, 0.4) is 0 Å². The summed E-state index contributed by atoms with van der Waals surface area (Å²) < 4.78 is 33.0. The third-order valence-electron chi connectivity index (χ3n) is 11.8. The normalized spacial score (nSPS) is 13.7. The van der Waals surface area contributed by atoms with E-state index >= 15 is 0 Å². The maximum atomic E-state index is 12.7. The third-order valence-corrected chi connectivity index (χ3v) is 12.8. The van der Waals surface area contributed by atoms with Crippen LogP contribution in [0.2, 0.25) is 0 Å². The number of ether oxygens (including phenoxy) is 2. The summed E-state index contributed by atoms with van der Waals surface area (Å²) in [6.07, 6.45) is 70.6. The summed E-state index contributed by atoms with van der Waals surface area (Å²) in [6.45, 7) is 3.61. The van der Waals surface area contributed by atoms with E-state index in [9.17, 15) is 19.0 Å². The molecule has 0 aliphatic heterocycles. The molecule has 0 saturated carbocycles. The Bertz CT molecular complexity index is 1400. The SMILES string of the molecule is CC/C=C\C/C=C\C/C=C\C/C=C\C/C=C\C/C=C\C/C=C\CCCCCC(=O)OC(COC(=O)CCCCCCCCCCCCCCCCCCCCCCCCC)COP(=O)(O)OCCN. The predicted octanol–water partition coefficient (Wildman–Crippen LogP) is 17.5. The van der Waals surface area contributed by atoms with Crippen LogP contribution in [0.15, 0.2) is 85.1 Å². The molecule has 9 nitrogen and oxygen atoms in total. The summed E-state index contributed by atoms with van der Waals surface area (Å²) in [4.78, 5) is 35.1. The van der Waals surface area contributed by atoms with Gasteiger partial charge in [0.15, 0.2) is 6.10 Å². The number of nitrogens with two attached hydrogens (primary N) is 1. The molecule has 0 spiro atoms. The van der Waals surface area contributed by atoms with Gasteiger partial charge in [-0.15, -0.1) is 0 Å². The largest absolute Gasteiger partial charge is 0.472 e. The molecule has 0 heterocycles. The Labute approximate surface area is 424 Å². The first-order valence-corrected chi connectivity index (χ1v) is 29.6. The number of unbranched alkanes of at least 4 members (excludes halogenated alkanes) is 25. The number of phosphoric acid groups is 1. The van der Waals surface area contributed by atoms with Crippen molar-refractivity contribution in [1.29, 1.82) is 0 Å². The van der Waals surface area contributed by atoms with Gasteiger partial charge >= 0.3 is 19.8 Å². The Morgan fingerprint density at radius 3 is 1.19 bits per heavy atom. The van der Waals surface area contributed by atoms with E-state index in [1.54, 1.807) is 0 Å². The standard InChI is InChI=1S/C59H104NO8P/c1-3-5-7-9-11-13-15-17-19-21-23-25-27-28-30-32-34-36-38-40-42-44-46-48-50-52-59(62)68-57(56-67-69(63,64)66-54-53-60)55-65-58(61)51-49-47-45-43-41-39-37-35-33-31-29-26-24-22-20-18-16-14-12-10-8-6-4-2/h5,7,11,13,17,19,23,25,28,30,34,36,40,42,57H,3-4,6,8-10,12,14-16,18,20-22,24,26-27,29,31-33,35,37-39,41,43-56,60H2,1-2H3,(H,63,64)/b7-5-,13-11-,19-17-,25-23-,30-28-,36-34-,42-40-. The molecule has 398 valence electrons. The van der Waals surface area contributed by atoms with E-state index in [-0.39, 0.29) is 38.6 Å². The second-order valence-corrected chi connectivity index (χ2v) is 19.9. The van der Waals surface area contributed by atoms with Crippen LogP contribution in [0.25, 0.3) is 0 Å². The lowest BCUT2D eigenvalue weighted by Gasteiger charge is -2.19. The molecule has 0 radical (unpaired) electrons. The highest BCUT2D eigenvalue weighted by molar-refractivity contribution is 7.47. The van der Waals surface area contributed by atoms with Crippen LogP contribution in [0.1, 0.15) is 245 Å². The quantitative estimate of drug-likeness (QED) is 0.0264. The number of phosphoric ester groups is 1. The summed E-state index contributed by atoms with van der Waals surface area (Å²) in [7, 11) is -4.40. The summed E-state index contributed by atoms with van der Waals surface area (Å²) in [5.74, 6) is -0.863. The molecule has 2 atom stereocenters. The maximum absolute atomic E-state index is 12.7. The number of allylic oxidation sites excluding steroid dienone is 14. The zero-order valence-corrected chi connectivity index (χ0v) is 45.2. The van der Waals surface area contributed by atoms with Crippen LogP contribution >= 0.6 is 7.82 Å². The molecule has 0 saturated heterocycles. The second-order valence-electron chi connectivity index (χ2n) is 18.4. The van der Waals surface area contributed by atoms with Crippen molar-refractivity contribution >= 4 is 19.8 Å². The van der Waals surface area contributed by atoms with Gasteiger partial charge in [-0.05, 0) is 70.6 Å². The summed E-state index contributed by atoms with van der Waals surface area (Å²) in [5, 5.41) is 0. The monoisotopic (exact) mass is 986 g/mol. The molecule has 0 aromatic carbocycles. The number of carbonyl (C=O) groups excluding carboxylic acids is 2. The topological polar surface area (TPSA) is 134 Å². The molecule has 0 fully saturated rings. The van der Waals surface area contributed by atoms with Crippen LogP contribution in [0.4, 0.5) is 0 Å². The van der Waals surface area contributed by atoms with Crippen LogP contribution < -0.4 is 5.73 Å². The third kappa shape index (κ3) is 54.4. The molecule has 0 aliphatic rings. The van der Waals surface area contributed by atoms with E-state index in [0.717, 1.165) is 83.5 Å². The number of hydrogen-bond donors (Lipinski definition) is 2. The van der Waals surface area contributed by atoms with Crippen molar-refractivity contribution in [2.45, 2.75) is 251 Å². The molecule has 10 heteroatoms. The minimum atomic E-state index is -4.40. The lowest BCUT2D eigenvalue weighted by molar-refractivity contribution is -0.161. The molecule has 69 heavy (non-hydrogen) atoms. The molecular formula is C59H104NO8P. The Morgan fingerprint density at radius 2 is 0.797 bits per heavy atom. The number of hydrogen-bond acceptors (Lipinski definition) is 8. The van der Waals surface area contributed by atoms with E-state index in [1.807, 2.05) is 0 Å². The average Bonchev–Trinajstić information content (AvgIpc) is 3.34. The molecule has 0 bridgehead atoms. The van der Waals surface area contributed by atoms with E-state index in [0.29, 0.717) is 6.42 Å². The number of esters is 2. The zero-order chi connectivity index (χ0) is 50.2. The maximum Gasteiger partial charge on any atom is 0.472 e. The van der Waals surface area contributed by atoms with Gasteiger partial charge in [-0.3, -0.25) is 18.6 Å². The van der Waals surface area contributed by atoms with Gasteiger partial charge in [0.1, 0.15) is 6.61 Å². The molecule has 0 aromatic rings. The molecule has 0 aliphatic carbocycles. The van der Waals surface area contributed by atoms with E-state index < -0.39 is 26.5 Å². The fraction of sp³-hybridized carbons (Fsp3) is 0.729. The van der Waals surface area contributed by atoms with Crippen LogP contribution in [-0.2, 0) is 32.7 Å². The molecule has 0 aromatic heterocycles. The Kier molecular flexibility index (Phi) is 52.3. The molecule has 2 unspecified atom stereocenters. The van der Waals surface area contributed by atoms with Gasteiger partial charge < -0.3 is 20.1 Å². The first kappa shape index (κ1) is 66.2. The lowest BCUT2D eigenvalue weighted by Crippen LogP contribution is -2.29. The van der Waals surface area contributed by atoms with Crippen molar-refractivity contribution in [2.24, 2.45) is 5.73 Å². The Hall–Kier alpha value is -2.81. The molecule has 0 amide bonds.